The van der Waals surface area contributed by atoms with Gasteiger partial charge in [-0.25, -0.2) is 4.79 Å². The Morgan fingerprint density at radius 1 is 0.912 bits per heavy atom. The first-order valence-electron chi connectivity index (χ1n) is 10.9. The Kier molecular flexibility index (Phi) is 15.1. The number of aliphatic hydroxyl groups excluding tert-OH is 2. The fourth-order valence-electron chi connectivity index (χ4n) is 2.80. The molecule has 0 aliphatic heterocycles. The smallest absolute Gasteiger partial charge is 0.328 e. The van der Waals surface area contributed by atoms with E-state index in [9.17, 15) is 29.4 Å². The van der Waals surface area contributed by atoms with Gasteiger partial charge in [-0.15, -0.1) is 0 Å². The van der Waals surface area contributed by atoms with Crippen molar-refractivity contribution in [3.05, 3.63) is 0 Å². The number of carboxylic acid groups (broad SMARTS) is 1. The SMILES string of the molecule is CC(O)C(NC(=O)C(CO)NC(=O)C(CCCN=C(N)N)NC(=O)C(N)CCCCN)C(=O)O. The van der Waals surface area contributed by atoms with Crippen molar-refractivity contribution in [3.63, 3.8) is 0 Å². The van der Waals surface area contributed by atoms with E-state index in [0.717, 1.165) is 6.92 Å². The molecule has 34 heavy (non-hydrogen) atoms. The van der Waals surface area contributed by atoms with Crippen molar-refractivity contribution in [2.75, 3.05) is 19.7 Å². The van der Waals surface area contributed by atoms with Crippen LogP contribution in [0.2, 0.25) is 0 Å². The monoisotopic (exact) mass is 490 g/mol. The average molecular weight is 491 g/mol. The second-order valence-electron chi connectivity index (χ2n) is 7.71. The minimum Gasteiger partial charge on any atom is -0.480 e. The Morgan fingerprint density at radius 3 is 2.00 bits per heavy atom. The highest BCUT2D eigenvalue weighted by molar-refractivity contribution is 5.94. The van der Waals surface area contributed by atoms with E-state index < -0.39 is 60.6 Å². The molecule has 5 unspecified atom stereocenters. The number of nitrogens with two attached hydrogens (primary N) is 4. The lowest BCUT2D eigenvalue weighted by Crippen LogP contribution is -2.59. The van der Waals surface area contributed by atoms with Crippen molar-refractivity contribution >= 4 is 29.7 Å². The second kappa shape index (κ2) is 16.6. The molecule has 0 rings (SSSR count). The molecule has 3 amide bonds. The van der Waals surface area contributed by atoms with E-state index in [-0.39, 0.29) is 25.3 Å². The zero-order chi connectivity index (χ0) is 26.3. The number of rotatable bonds is 17. The normalized spacial score (nSPS) is 15.2. The number of amides is 3. The van der Waals surface area contributed by atoms with Crippen LogP contribution in [0.15, 0.2) is 4.99 Å². The molecule has 0 radical (unpaired) electrons. The molecule has 0 spiro atoms. The lowest BCUT2D eigenvalue weighted by Gasteiger charge is -2.25. The van der Waals surface area contributed by atoms with Gasteiger partial charge in [0.1, 0.15) is 12.1 Å². The van der Waals surface area contributed by atoms with Crippen LogP contribution in [0.25, 0.3) is 0 Å². The van der Waals surface area contributed by atoms with Crippen LogP contribution in [-0.4, -0.2) is 94.9 Å². The van der Waals surface area contributed by atoms with Crippen LogP contribution in [0.5, 0.6) is 0 Å². The van der Waals surface area contributed by atoms with Crippen molar-refractivity contribution in [2.24, 2.45) is 27.9 Å². The molecule has 5 atom stereocenters. The lowest BCUT2D eigenvalue weighted by molar-refractivity contribution is -0.145. The maximum atomic E-state index is 12.8. The molecule has 196 valence electrons. The van der Waals surface area contributed by atoms with E-state index in [0.29, 0.717) is 25.8 Å². The van der Waals surface area contributed by atoms with Crippen LogP contribution < -0.4 is 38.9 Å². The molecule has 0 fully saturated rings. The van der Waals surface area contributed by atoms with E-state index >= 15 is 0 Å². The topological polar surface area (TPSA) is 282 Å². The molecule has 14 N–H and O–H groups in total. The van der Waals surface area contributed by atoms with Gasteiger partial charge in [0.05, 0.1) is 18.8 Å². The summed E-state index contributed by atoms with van der Waals surface area (Å²) in [5.41, 5.74) is 21.8. The van der Waals surface area contributed by atoms with Crippen molar-refractivity contribution in [1.82, 2.24) is 16.0 Å². The maximum absolute atomic E-state index is 12.8. The molecular weight excluding hydrogens is 452 g/mol. The zero-order valence-corrected chi connectivity index (χ0v) is 19.3. The number of guanidine groups is 1. The summed E-state index contributed by atoms with van der Waals surface area (Å²) in [5, 5.41) is 34.9. The number of aliphatic imine (C=N–C) groups is 1. The van der Waals surface area contributed by atoms with Gasteiger partial charge in [0, 0.05) is 6.54 Å². The highest BCUT2D eigenvalue weighted by Crippen LogP contribution is 2.04. The number of aliphatic carboxylic acids is 1. The summed E-state index contributed by atoms with van der Waals surface area (Å²) < 4.78 is 0. The molecule has 0 saturated carbocycles. The van der Waals surface area contributed by atoms with Crippen LogP contribution in [0.3, 0.4) is 0 Å². The molecular formula is C19H38N8O7. The van der Waals surface area contributed by atoms with Gasteiger partial charge >= 0.3 is 5.97 Å². The summed E-state index contributed by atoms with van der Waals surface area (Å²) in [4.78, 5) is 52.5. The Hall–Kier alpha value is -3.01. The molecule has 0 aromatic heterocycles. The lowest BCUT2D eigenvalue weighted by atomic mass is 10.1. The van der Waals surface area contributed by atoms with Crippen molar-refractivity contribution in [1.29, 1.82) is 0 Å². The standard InChI is InChI=1S/C19H38N8O7/c1-10(29)14(18(33)34)27-17(32)13(9-28)26-16(31)12(6-4-8-24-19(22)23)25-15(30)11(21)5-2-3-7-20/h10-14,28-29H,2-9,20-21H2,1H3,(H,25,30)(H,26,31)(H,27,32)(H,33,34)(H4,22,23,24). The predicted octanol–water partition coefficient (Wildman–Crippen LogP) is -4.59. The summed E-state index contributed by atoms with van der Waals surface area (Å²) in [6.45, 7) is 0.914. The summed E-state index contributed by atoms with van der Waals surface area (Å²) in [6, 6.07) is -5.22. The number of hydrogen-bond acceptors (Lipinski definition) is 9. The first-order chi connectivity index (χ1) is 15.9. The summed E-state index contributed by atoms with van der Waals surface area (Å²) in [6.07, 6.45) is 0.587. The average Bonchev–Trinajstić information content (AvgIpc) is 2.76. The van der Waals surface area contributed by atoms with Crippen molar-refractivity contribution in [2.45, 2.75) is 69.3 Å². The van der Waals surface area contributed by atoms with Gasteiger partial charge in [0.2, 0.25) is 17.7 Å². The van der Waals surface area contributed by atoms with Gasteiger partial charge in [-0.05, 0) is 39.2 Å². The van der Waals surface area contributed by atoms with Gasteiger partial charge in [-0.1, -0.05) is 6.42 Å². The molecule has 15 nitrogen and oxygen atoms in total. The molecule has 0 saturated heterocycles. The van der Waals surface area contributed by atoms with Crippen molar-refractivity contribution < 1.29 is 34.5 Å². The highest BCUT2D eigenvalue weighted by atomic mass is 16.4. The Bertz CT molecular complexity index is 700. The number of hydrogen-bond donors (Lipinski definition) is 10. The van der Waals surface area contributed by atoms with E-state index in [2.05, 4.69) is 15.6 Å². The minimum absolute atomic E-state index is 0.0784. The fourth-order valence-corrected chi connectivity index (χ4v) is 2.80. The Morgan fingerprint density at radius 2 is 1.50 bits per heavy atom. The Labute approximate surface area is 197 Å². The van der Waals surface area contributed by atoms with E-state index in [4.69, 9.17) is 28.0 Å². The van der Waals surface area contributed by atoms with Gasteiger partial charge < -0.3 is 54.2 Å². The summed E-state index contributed by atoms with van der Waals surface area (Å²) in [5.74, 6) is -4.09. The molecule has 15 heteroatoms. The van der Waals surface area contributed by atoms with Gasteiger partial charge in [0.15, 0.2) is 12.0 Å². The quantitative estimate of drug-likeness (QED) is 0.0525. The number of unbranched alkanes of at least 4 members (excludes halogenated alkanes) is 1. The van der Waals surface area contributed by atoms with E-state index in [1.807, 2.05) is 5.32 Å². The van der Waals surface area contributed by atoms with Gasteiger partial charge in [0.25, 0.3) is 0 Å². The highest BCUT2D eigenvalue weighted by Gasteiger charge is 2.31. The number of carbonyl (C=O) groups is 4. The molecule has 0 aromatic carbocycles. The third kappa shape index (κ3) is 12.3. The molecule has 0 aliphatic rings. The van der Waals surface area contributed by atoms with Gasteiger partial charge in [-0.2, -0.15) is 0 Å². The molecule has 0 aromatic rings. The summed E-state index contributed by atoms with van der Waals surface area (Å²) >= 11 is 0. The third-order valence-corrected chi connectivity index (χ3v) is 4.75. The van der Waals surface area contributed by atoms with Crippen LogP contribution in [0.4, 0.5) is 0 Å². The minimum atomic E-state index is -1.65. The first-order valence-corrected chi connectivity index (χ1v) is 10.9. The number of aliphatic hydroxyl groups is 2. The number of nitrogens with zero attached hydrogens (tertiary/aromatic N) is 1. The van der Waals surface area contributed by atoms with Crippen LogP contribution in [0.1, 0.15) is 39.0 Å². The molecule has 0 bridgehead atoms. The van der Waals surface area contributed by atoms with E-state index in [1.165, 1.54) is 0 Å². The first kappa shape index (κ1) is 31.0. The van der Waals surface area contributed by atoms with Crippen molar-refractivity contribution in [3.8, 4) is 0 Å². The van der Waals surface area contributed by atoms with Crippen LogP contribution >= 0.6 is 0 Å². The van der Waals surface area contributed by atoms with Crippen LogP contribution in [0, 0.1) is 0 Å². The van der Waals surface area contributed by atoms with Gasteiger partial charge in [-0.3, -0.25) is 19.4 Å². The number of nitrogens with one attached hydrogen (secondary N) is 3. The van der Waals surface area contributed by atoms with E-state index in [1.54, 1.807) is 0 Å². The number of carboxylic acids is 1. The summed E-state index contributed by atoms with van der Waals surface area (Å²) in [7, 11) is 0. The van der Waals surface area contributed by atoms with Crippen LogP contribution in [-0.2, 0) is 19.2 Å². The fraction of sp³-hybridized carbons (Fsp3) is 0.737. The molecule has 0 aliphatic carbocycles. The molecule has 0 heterocycles. The third-order valence-electron chi connectivity index (χ3n) is 4.75. The largest absolute Gasteiger partial charge is 0.480 e. The maximum Gasteiger partial charge on any atom is 0.328 e. The zero-order valence-electron chi connectivity index (χ0n) is 19.3. The Balaban J connectivity index is 5.30. The number of carbonyl (C=O) groups excluding carboxylic acids is 3. The predicted molar refractivity (Wildman–Crippen MR) is 123 cm³/mol. The second-order valence-corrected chi connectivity index (χ2v) is 7.71.